The minimum absolute atomic E-state index is 0.170. The Hall–Kier alpha value is -1.39. The first kappa shape index (κ1) is 46.6. The van der Waals surface area contributed by atoms with E-state index in [4.69, 9.17) is 9.47 Å². The van der Waals surface area contributed by atoms with Crippen molar-refractivity contribution in [3.63, 3.8) is 0 Å². The van der Waals surface area contributed by atoms with Crippen LogP contribution in [0.25, 0.3) is 0 Å². The summed E-state index contributed by atoms with van der Waals surface area (Å²) in [7, 11) is 0. The molecule has 0 aliphatic heterocycles. The average molecular weight is 675 g/mol. The van der Waals surface area contributed by atoms with Crippen LogP contribution in [0.15, 0.2) is 36.5 Å². The van der Waals surface area contributed by atoms with E-state index in [-0.39, 0.29) is 12.6 Å². The molecule has 0 rings (SSSR count). The lowest BCUT2D eigenvalue weighted by molar-refractivity contribution is -0.154. The van der Waals surface area contributed by atoms with E-state index in [0.717, 1.165) is 32.1 Å². The van der Waals surface area contributed by atoms with Crippen molar-refractivity contribution in [3.8, 4) is 0 Å². The molecule has 0 radical (unpaired) electrons. The Morgan fingerprint density at radius 2 is 0.875 bits per heavy atom. The lowest BCUT2D eigenvalue weighted by atomic mass is 10.1. The van der Waals surface area contributed by atoms with Crippen molar-refractivity contribution in [2.45, 2.75) is 219 Å². The summed E-state index contributed by atoms with van der Waals surface area (Å²) < 4.78 is 11.1. The third-order valence-corrected chi connectivity index (χ3v) is 9.22. The van der Waals surface area contributed by atoms with E-state index in [0.29, 0.717) is 19.6 Å². The van der Waals surface area contributed by atoms with Crippen LogP contribution in [-0.4, -0.2) is 37.0 Å². The van der Waals surface area contributed by atoms with Crippen LogP contribution in [0.5, 0.6) is 0 Å². The van der Waals surface area contributed by atoms with Crippen LogP contribution in [-0.2, 0) is 14.3 Å². The van der Waals surface area contributed by atoms with E-state index in [9.17, 15) is 9.90 Å². The Bertz CT molecular complexity index is 713. The first-order valence-corrected chi connectivity index (χ1v) is 21.1. The Kier molecular flexibility index (Phi) is 40.6. The summed E-state index contributed by atoms with van der Waals surface area (Å²) in [6, 6.07) is 0. The fourth-order valence-electron chi connectivity index (χ4n) is 6.04. The van der Waals surface area contributed by atoms with Gasteiger partial charge in [-0.15, -0.1) is 0 Å². The molecule has 0 saturated carbocycles. The number of allylic oxidation sites excluding steroid dienone is 6. The fraction of sp³-hybridized carbons (Fsp3) is 0.841. The molecule has 1 atom stereocenters. The molecule has 4 nitrogen and oxygen atoms in total. The van der Waals surface area contributed by atoms with Gasteiger partial charge in [-0.25, -0.2) is 0 Å². The van der Waals surface area contributed by atoms with Gasteiger partial charge in [-0.1, -0.05) is 192 Å². The van der Waals surface area contributed by atoms with Crippen molar-refractivity contribution >= 4 is 5.97 Å². The second kappa shape index (κ2) is 41.8. The summed E-state index contributed by atoms with van der Waals surface area (Å²) in [4.78, 5) is 12.1. The van der Waals surface area contributed by atoms with E-state index < -0.39 is 6.10 Å². The van der Waals surface area contributed by atoms with Gasteiger partial charge in [0.05, 0.1) is 13.2 Å². The maximum Gasteiger partial charge on any atom is 0.306 e. The summed E-state index contributed by atoms with van der Waals surface area (Å²) in [5, 5.41) is 9.56. The SMILES string of the molecule is CCCCCCC/C=C\C/C=C\C/C=C\CCCCCCCCCCCCCOCC(CO)OC(=O)CCCCCCCCCCCC. The number of esters is 1. The smallest absolute Gasteiger partial charge is 0.306 e. The van der Waals surface area contributed by atoms with Crippen LogP contribution < -0.4 is 0 Å². The quantitative estimate of drug-likeness (QED) is 0.0400. The van der Waals surface area contributed by atoms with Gasteiger partial charge >= 0.3 is 5.97 Å². The highest BCUT2D eigenvalue weighted by molar-refractivity contribution is 5.69. The zero-order chi connectivity index (χ0) is 34.9. The Morgan fingerprint density at radius 1 is 0.500 bits per heavy atom. The van der Waals surface area contributed by atoms with Crippen molar-refractivity contribution in [3.05, 3.63) is 36.5 Å². The Labute approximate surface area is 300 Å². The predicted octanol–water partition coefficient (Wildman–Crippen LogP) is 13.7. The van der Waals surface area contributed by atoms with Gasteiger partial charge in [-0.2, -0.15) is 0 Å². The van der Waals surface area contributed by atoms with Gasteiger partial charge in [-0.3, -0.25) is 4.79 Å². The molecule has 0 aromatic heterocycles. The fourth-order valence-corrected chi connectivity index (χ4v) is 6.04. The zero-order valence-electron chi connectivity index (χ0n) is 32.3. The lowest BCUT2D eigenvalue weighted by Crippen LogP contribution is -2.27. The number of hydrogen-bond acceptors (Lipinski definition) is 4. The van der Waals surface area contributed by atoms with Crippen LogP contribution in [0.4, 0.5) is 0 Å². The van der Waals surface area contributed by atoms with Crippen LogP contribution in [0.3, 0.4) is 0 Å². The molecular weight excluding hydrogens is 592 g/mol. The minimum atomic E-state index is -0.531. The maximum atomic E-state index is 12.1. The van der Waals surface area contributed by atoms with Gasteiger partial charge in [0.1, 0.15) is 6.10 Å². The van der Waals surface area contributed by atoms with Gasteiger partial charge in [0.25, 0.3) is 0 Å². The standard InChI is InChI=1S/C44H82O4/c1-3-5-7-9-11-13-15-16-17-18-19-20-21-22-23-24-25-26-27-28-29-30-32-34-36-38-40-47-42-43(41-45)48-44(46)39-37-35-33-31-14-12-10-8-6-4-2/h15-16,18-19,21-22,43,45H,3-14,17,20,23-42H2,1-2H3/b16-15-,19-18-,22-21-. The van der Waals surface area contributed by atoms with Gasteiger partial charge < -0.3 is 14.6 Å². The molecule has 0 fully saturated rings. The van der Waals surface area contributed by atoms with Crippen molar-refractivity contribution in [1.29, 1.82) is 0 Å². The van der Waals surface area contributed by atoms with Gasteiger partial charge in [0, 0.05) is 13.0 Å². The van der Waals surface area contributed by atoms with Crippen LogP contribution in [0, 0.1) is 0 Å². The number of unbranched alkanes of at least 4 members (excludes halogenated alkanes) is 25. The van der Waals surface area contributed by atoms with E-state index in [1.165, 1.54) is 161 Å². The second-order valence-corrected chi connectivity index (χ2v) is 14.1. The molecule has 282 valence electrons. The summed E-state index contributed by atoms with van der Waals surface area (Å²) >= 11 is 0. The number of aliphatic hydroxyl groups is 1. The van der Waals surface area contributed by atoms with Crippen LogP contribution >= 0.6 is 0 Å². The molecule has 0 aliphatic rings. The van der Waals surface area contributed by atoms with E-state index >= 15 is 0 Å². The molecule has 0 aromatic rings. The average Bonchev–Trinajstić information content (AvgIpc) is 3.09. The molecule has 0 amide bonds. The number of carbonyl (C=O) groups is 1. The third kappa shape index (κ3) is 39.1. The number of aliphatic hydroxyl groups excluding tert-OH is 1. The summed E-state index contributed by atoms with van der Waals surface area (Å²) in [6.07, 6.45) is 52.1. The Balaban J connectivity index is 3.39. The number of carbonyl (C=O) groups excluding carboxylic acids is 1. The highest BCUT2D eigenvalue weighted by atomic mass is 16.6. The predicted molar refractivity (Wildman–Crippen MR) is 210 cm³/mol. The van der Waals surface area contributed by atoms with Crippen LogP contribution in [0.2, 0.25) is 0 Å². The van der Waals surface area contributed by atoms with Crippen molar-refractivity contribution in [2.75, 3.05) is 19.8 Å². The molecule has 0 bridgehead atoms. The van der Waals surface area contributed by atoms with Gasteiger partial charge in [0.15, 0.2) is 0 Å². The van der Waals surface area contributed by atoms with Gasteiger partial charge in [0.2, 0.25) is 0 Å². The molecule has 1 N–H and O–H groups in total. The molecule has 0 heterocycles. The molecule has 0 aromatic carbocycles. The van der Waals surface area contributed by atoms with Crippen molar-refractivity contribution < 1.29 is 19.4 Å². The first-order valence-electron chi connectivity index (χ1n) is 21.1. The summed E-state index contributed by atoms with van der Waals surface area (Å²) in [5.74, 6) is -0.203. The number of hydrogen-bond donors (Lipinski definition) is 1. The second-order valence-electron chi connectivity index (χ2n) is 14.1. The highest BCUT2D eigenvalue weighted by Crippen LogP contribution is 2.14. The lowest BCUT2D eigenvalue weighted by Gasteiger charge is -2.16. The molecule has 0 spiro atoms. The monoisotopic (exact) mass is 675 g/mol. The van der Waals surface area contributed by atoms with E-state index in [1.54, 1.807) is 0 Å². The molecular formula is C44H82O4. The summed E-state index contributed by atoms with van der Waals surface area (Å²) in [5.41, 5.74) is 0. The molecule has 0 saturated heterocycles. The van der Waals surface area contributed by atoms with Crippen LogP contribution in [0.1, 0.15) is 213 Å². The maximum absolute atomic E-state index is 12.1. The summed E-state index contributed by atoms with van der Waals surface area (Å²) in [6.45, 7) is 5.33. The Morgan fingerprint density at radius 3 is 1.31 bits per heavy atom. The molecule has 1 unspecified atom stereocenters. The van der Waals surface area contributed by atoms with Crippen molar-refractivity contribution in [1.82, 2.24) is 0 Å². The molecule has 0 aliphatic carbocycles. The highest BCUT2D eigenvalue weighted by Gasteiger charge is 2.13. The van der Waals surface area contributed by atoms with E-state index in [2.05, 4.69) is 50.3 Å². The minimum Gasteiger partial charge on any atom is -0.457 e. The zero-order valence-corrected chi connectivity index (χ0v) is 32.3. The molecule has 4 heteroatoms. The largest absolute Gasteiger partial charge is 0.457 e. The van der Waals surface area contributed by atoms with E-state index in [1.807, 2.05) is 0 Å². The normalized spacial score (nSPS) is 12.6. The molecule has 48 heavy (non-hydrogen) atoms. The first-order chi connectivity index (χ1) is 23.7. The van der Waals surface area contributed by atoms with Crippen molar-refractivity contribution in [2.24, 2.45) is 0 Å². The number of ether oxygens (including phenoxy) is 2. The third-order valence-electron chi connectivity index (χ3n) is 9.22. The van der Waals surface area contributed by atoms with Gasteiger partial charge in [-0.05, 0) is 51.4 Å². The number of rotatable bonds is 39. The topological polar surface area (TPSA) is 55.8 Å².